The Bertz CT molecular complexity index is 315. The van der Waals surface area contributed by atoms with Gasteiger partial charge < -0.3 is 15.8 Å². The van der Waals surface area contributed by atoms with Crippen LogP contribution in [0.4, 0.5) is 0 Å². The number of hydrogen-bond acceptors (Lipinski definition) is 4. The molecule has 0 aromatic carbocycles. The number of thioether (sulfide) groups is 1. The second kappa shape index (κ2) is 7.16. The van der Waals surface area contributed by atoms with Gasteiger partial charge in [-0.1, -0.05) is 20.8 Å². The van der Waals surface area contributed by atoms with Crippen LogP contribution in [0.3, 0.4) is 0 Å². The lowest BCUT2D eigenvalue weighted by Crippen LogP contribution is -2.75. The first-order valence-corrected chi connectivity index (χ1v) is 7.80. The van der Waals surface area contributed by atoms with Gasteiger partial charge in [0.1, 0.15) is 5.54 Å². The third-order valence-electron chi connectivity index (χ3n) is 4.19. The van der Waals surface area contributed by atoms with Crippen molar-refractivity contribution < 1.29 is 9.53 Å². The number of rotatable bonds is 6. The molecule has 0 heterocycles. The van der Waals surface area contributed by atoms with E-state index >= 15 is 0 Å². The molecule has 1 amide bonds. The van der Waals surface area contributed by atoms with Crippen LogP contribution in [0, 0.1) is 5.41 Å². The van der Waals surface area contributed by atoms with E-state index in [0.717, 1.165) is 0 Å². The van der Waals surface area contributed by atoms with Gasteiger partial charge in [-0.2, -0.15) is 11.8 Å². The van der Waals surface area contributed by atoms with Crippen LogP contribution in [-0.2, 0) is 9.53 Å². The number of nitrogens with one attached hydrogen (secondary N) is 1. The fourth-order valence-corrected chi connectivity index (χ4v) is 2.55. The van der Waals surface area contributed by atoms with Gasteiger partial charge in [-0.15, -0.1) is 12.4 Å². The largest absolute Gasteiger partial charge is 0.378 e. The first-order valence-electron chi connectivity index (χ1n) is 6.51. The fraction of sp³-hybridized carbons (Fsp3) is 0.923. The van der Waals surface area contributed by atoms with Gasteiger partial charge in [0.25, 0.3) is 0 Å². The average Bonchev–Trinajstić information content (AvgIpc) is 2.34. The van der Waals surface area contributed by atoms with Gasteiger partial charge in [-0.3, -0.25) is 4.79 Å². The number of hydrogen-bond donors (Lipinski definition) is 2. The van der Waals surface area contributed by atoms with Crippen molar-refractivity contribution in [2.45, 2.75) is 51.0 Å². The fourth-order valence-electron chi connectivity index (χ4n) is 2.30. The number of nitrogens with two attached hydrogens (primary N) is 1. The van der Waals surface area contributed by atoms with E-state index in [1.807, 2.05) is 27.0 Å². The number of halogens is 1. The van der Waals surface area contributed by atoms with Crippen LogP contribution in [0.25, 0.3) is 0 Å². The topological polar surface area (TPSA) is 64.3 Å². The van der Waals surface area contributed by atoms with E-state index in [1.54, 1.807) is 11.8 Å². The van der Waals surface area contributed by atoms with E-state index in [1.165, 1.54) is 0 Å². The van der Waals surface area contributed by atoms with Crippen LogP contribution in [-0.4, -0.2) is 42.2 Å². The minimum Gasteiger partial charge on any atom is -0.378 e. The molecule has 1 aliphatic carbocycles. The van der Waals surface area contributed by atoms with Crippen LogP contribution in [0.5, 0.6) is 0 Å². The Morgan fingerprint density at radius 2 is 2.16 bits per heavy atom. The SMILES string of the molecule is CCOC1CC(N)(C(=O)NCC(C)SC)C1(C)C.Cl. The van der Waals surface area contributed by atoms with Crippen molar-refractivity contribution in [2.75, 3.05) is 19.4 Å². The molecule has 6 heteroatoms. The highest BCUT2D eigenvalue weighted by atomic mass is 35.5. The Labute approximate surface area is 127 Å². The molecule has 4 nitrogen and oxygen atoms in total. The van der Waals surface area contributed by atoms with E-state index < -0.39 is 5.54 Å². The second-order valence-corrected chi connectivity index (χ2v) is 6.87. The normalized spacial score (nSPS) is 29.9. The molecule has 0 spiro atoms. The first kappa shape index (κ1) is 19.0. The van der Waals surface area contributed by atoms with Gasteiger partial charge in [0, 0.05) is 30.2 Å². The summed E-state index contributed by atoms with van der Waals surface area (Å²) in [7, 11) is 0. The Morgan fingerprint density at radius 1 is 1.58 bits per heavy atom. The summed E-state index contributed by atoms with van der Waals surface area (Å²) in [5, 5.41) is 3.36. The quantitative estimate of drug-likeness (QED) is 0.785. The molecule has 0 aromatic rings. The van der Waals surface area contributed by atoms with Crippen molar-refractivity contribution in [3.05, 3.63) is 0 Å². The van der Waals surface area contributed by atoms with Crippen molar-refractivity contribution in [2.24, 2.45) is 11.1 Å². The summed E-state index contributed by atoms with van der Waals surface area (Å²) < 4.78 is 5.62. The zero-order valence-corrected chi connectivity index (χ0v) is 14.1. The van der Waals surface area contributed by atoms with E-state index in [0.29, 0.717) is 24.8 Å². The highest BCUT2D eigenvalue weighted by Crippen LogP contribution is 2.49. The van der Waals surface area contributed by atoms with E-state index in [4.69, 9.17) is 10.5 Å². The predicted molar refractivity (Wildman–Crippen MR) is 84.0 cm³/mol. The molecular weight excluding hydrogens is 284 g/mol. The van der Waals surface area contributed by atoms with Gasteiger partial charge in [0.05, 0.1) is 6.10 Å². The molecule has 114 valence electrons. The van der Waals surface area contributed by atoms with Gasteiger partial charge in [0.2, 0.25) is 5.91 Å². The Hall–Kier alpha value is 0.0300. The number of amides is 1. The zero-order chi connectivity index (χ0) is 14.0. The first-order chi connectivity index (χ1) is 8.29. The standard InChI is InChI=1S/C13H26N2O2S.ClH/c1-6-17-10-7-13(14,12(10,3)4)11(16)15-8-9(2)18-5;/h9-10H,6-8,14H2,1-5H3,(H,15,16);1H. The van der Waals surface area contributed by atoms with Crippen LogP contribution < -0.4 is 11.1 Å². The molecule has 0 aromatic heterocycles. The summed E-state index contributed by atoms with van der Waals surface area (Å²) in [6, 6.07) is 0. The van der Waals surface area contributed by atoms with Crippen molar-refractivity contribution in [1.82, 2.24) is 5.32 Å². The molecular formula is C13H27ClN2O2S. The Morgan fingerprint density at radius 3 is 2.58 bits per heavy atom. The van der Waals surface area contributed by atoms with Crippen LogP contribution in [0.1, 0.15) is 34.1 Å². The lowest BCUT2D eigenvalue weighted by molar-refractivity contribution is -0.170. The average molecular weight is 311 g/mol. The zero-order valence-electron chi connectivity index (χ0n) is 12.5. The van der Waals surface area contributed by atoms with E-state index in [9.17, 15) is 4.79 Å². The summed E-state index contributed by atoms with van der Waals surface area (Å²) in [5.41, 5.74) is 5.16. The minimum atomic E-state index is -0.801. The molecule has 1 aliphatic rings. The number of carbonyl (C=O) groups excluding carboxylic acids is 1. The maximum absolute atomic E-state index is 12.2. The third-order valence-corrected chi connectivity index (χ3v) is 5.16. The molecule has 19 heavy (non-hydrogen) atoms. The van der Waals surface area contributed by atoms with E-state index in [-0.39, 0.29) is 29.8 Å². The summed E-state index contributed by atoms with van der Waals surface area (Å²) in [6.07, 6.45) is 2.72. The highest BCUT2D eigenvalue weighted by Gasteiger charge is 2.62. The predicted octanol–water partition coefficient (Wildman–Crippen LogP) is 1.81. The van der Waals surface area contributed by atoms with E-state index in [2.05, 4.69) is 12.2 Å². The van der Waals surface area contributed by atoms with Crippen molar-refractivity contribution in [1.29, 1.82) is 0 Å². The van der Waals surface area contributed by atoms with Crippen LogP contribution in [0.15, 0.2) is 0 Å². The lowest BCUT2D eigenvalue weighted by Gasteiger charge is -2.57. The Balaban J connectivity index is 0.00000324. The smallest absolute Gasteiger partial charge is 0.240 e. The molecule has 0 aliphatic heterocycles. The number of ether oxygens (including phenoxy) is 1. The van der Waals surface area contributed by atoms with Crippen LogP contribution >= 0.6 is 24.2 Å². The molecule has 0 bridgehead atoms. The second-order valence-electron chi connectivity index (χ2n) is 5.60. The highest BCUT2D eigenvalue weighted by molar-refractivity contribution is 7.99. The third kappa shape index (κ3) is 3.57. The van der Waals surface area contributed by atoms with Gasteiger partial charge in [0.15, 0.2) is 0 Å². The van der Waals surface area contributed by atoms with Gasteiger partial charge in [-0.25, -0.2) is 0 Å². The van der Waals surface area contributed by atoms with Crippen molar-refractivity contribution in [3.63, 3.8) is 0 Å². The van der Waals surface area contributed by atoms with Crippen LogP contribution in [0.2, 0.25) is 0 Å². The maximum atomic E-state index is 12.2. The molecule has 1 saturated carbocycles. The molecule has 0 saturated heterocycles. The number of carbonyl (C=O) groups is 1. The molecule has 1 fully saturated rings. The maximum Gasteiger partial charge on any atom is 0.240 e. The van der Waals surface area contributed by atoms with Gasteiger partial charge >= 0.3 is 0 Å². The van der Waals surface area contributed by atoms with Gasteiger partial charge in [-0.05, 0) is 13.2 Å². The van der Waals surface area contributed by atoms with Crippen molar-refractivity contribution >= 4 is 30.1 Å². The molecule has 3 N–H and O–H groups in total. The summed E-state index contributed by atoms with van der Waals surface area (Å²) >= 11 is 1.73. The lowest BCUT2D eigenvalue weighted by atomic mass is 9.54. The summed E-state index contributed by atoms with van der Waals surface area (Å²) in [6.45, 7) is 9.39. The monoisotopic (exact) mass is 310 g/mol. The Kier molecular flexibility index (Phi) is 7.17. The molecule has 3 atom stereocenters. The summed E-state index contributed by atoms with van der Waals surface area (Å²) in [4.78, 5) is 12.2. The molecule has 3 unspecified atom stereocenters. The minimum absolute atomic E-state index is 0. The van der Waals surface area contributed by atoms with Crippen molar-refractivity contribution in [3.8, 4) is 0 Å². The molecule has 1 rings (SSSR count). The molecule has 0 radical (unpaired) electrons. The summed E-state index contributed by atoms with van der Waals surface area (Å²) in [5.74, 6) is -0.0515.